The van der Waals surface area contributed by atoms with Gasteiger partial charge in [0.1, 0.15) is 5.60 Å². The van der Waals surface area contributed by atoms with Crippen molar-refractivity contribution in [3.63, 3.8) is 0 Å². The van der Waals surface area contributed by atoms with Gasteiger partial charge in [-0.25, -0.2) is 0 Å². The van der Waals surface area contributed by atoms with Crippen LogP contribution in [0.4, 0.5) is 0 Å². The first-order valence-corrected chi connectivity index (χ1v) is 8.62. The van der Waals surface area contributed by atoms with E-state index in [1.165, 1.54) is 0 Å². The van der Waals surface area contributed by atoms with Crippen LogP contribution in [0.2, 0.25) is 0 Å². The van der Waals surface area contributed by atoms with Gasteiger partial charge in [-0.3, -0.25) is 4.79 Å². The molecule has 2 saturated heterocycles. The normalized spacial score (nSPS) is 23.5. The van der Waals surface area contributed by atoms with E-state index in [1.807, 2.05) is 11.8 Å². The van der Waals surface area contributed by atoms with Gasteiger partial charge in [-0.05, 0) is 43.9 Å². The highest BCUT2D eigenvalue weighted by Crippen LogP contribution is 2.42. The molecule has 1 aromatic carbocycles. The average molecular weight is 333 g/mol. The van der Waals surface area contributed by atoms with E-state index >= 15 is 0 Å². The van der Waals surface area contributed by atoms with E-state index in [-0.39, 0.29) is 18.3 Å². The first-order chi connectivity index (χ1) is 11.7. The number of nitrogens with zero attached hydrogens (tertiary/aromatic N) is 1. The summed E-state index contributed by atoms with van der Waals surface area (Å²) in [4.78, 5) is 14.5. The van der Waals surface area contributed by atoms with Gasteiger partial charge in [0, 0.05) is 25.4 Å². The van der Waals surface area contributed by atoms with Crippen LogP contribution in [0.15, 0.2) is 18.2 Å². The molecule has 1 spiro atoms. The van der Waals surface area contributed by atoms with Gasteiger partial charge in [0.25, 0.3) is 5.91 Å². The fourth-order valence-corrected chi connectivity index (χ4v) is 3.87. The molecule has 2 fully saturated rings. The van der Waals surface area contributed by atoms with E-state index in [0.717, 1.165) is 32.7 Å². The van der Waals surface area contributed by atoms with Gasteiger partial charge < -0.3 is 23.8 Å². The van der Waals surface area contributed by atoms with Crippen LogP contribution < -0.4 is 9.47 Å². The molecule has 0 bridgehead atoms. The van der Waals surface area contributed by atoms with Crippen LogP contribution in [0.1, 0.15) is 30.1 Å². The summed E-state index contributed by atoms with van der Waals surface area (Å²) in [7, 11) is 0. The second kappa shape index (κ2) is 6.26. The second-order valence-electron chi connectivity index (χ2n) is 6.61. The summed E-state index contributed by atoms with van der Waals surface area (Å²) in [5.74, 6) is 1.84. The summed E-state index contributed by atoms with van der Waals surface area (Å²) in [6.07, 6.45) is 2.05. The van der Waals surface area contributed by atoms with Crippen molar-refractivity contribution < 1.29 is 23.7 Å². The molecule has 0 aromatic heterocycles. The summed E-state index contributed by atoms with van der Waals surface area (Å²) in [6, 6.07) is 5.35. The van der Waals surface area contributed by atoms with Crippen molar-refractivity contribution in [3.8, 4) is 11.5 Å². The summed E-state index contributed by atoms with van der Waals surface area (Å²) in [6.45, 7) is 5.85. The number of hydrogen-bond donors (Lipinski definition) is 0. The SMILES string of the molecule is CCOCC[C@@H]1CCOC12CN(C(=O)c1ccc3c(c1)OCO3)C2. The Morgan fingerprint density at radius 2 is 2.17 bits per heavy atom. The molecule has 4 rings (SSSR count). The summed E-state index contributed by atoms with van der Waals surface area (Å²) >= 11 is 0. The molecule has 0 radical (unpaired) electrons. The zero-order valence-electron chi connectivity index (χ0n) is 14.0. The van der Waals surface area contributed by atoms with Crippen molar-refractivity contribution in [1.82, 2.24) is 4.90 Å². The number of amides is 1. The number of likely N-dealkylation sites (tertiary alicyclic amines) is 1. The first kappa shape index (κ1) is 15.7. The minimum atomic E-state index is -0.164. The molecule has 1 aromatic rings. The molecule has 0 N–H and O–H groups in total. The molecular formula is C18H23NO5. The number of carbonyl (C=O) groups excluding carboxylic acids is 1. The van der Waals surface area contributed by atoms with Crippen LogP contribution in [0.25, 0.3) is 0 Å². The molecule has 1 atom stereocenters. The largest absolute Gasteiger partial charge is 0.454 e. The van der Waals surface area contributed by atoms with Crippen molar-refractivity contribution >= 4 is 5.91 Å². The molecular weight excluding hydrogens is 310 g/mol. The lowest BCUT2D eigenvalue weighted by molar-refractivity contribution is -0.120. The Morgan fingerprint density at radius 1 is 1.33 bits per heavy atom. The molecule has 6 heteroatoms. The molecule has 6 nitrogen and oxygen atoms in total. The van der Waals surface area contributed by atoms with Crippen molar-refractivity contribution in [2.24, 2.45) is 5.92 Å². The number of hydrogen-bond acceptors (Lipinski definition) is 5. The Balaban J connectivity index is 1.38. The van der Waals surface area contributed by atoms with Crippen molar-refractivity contribution in [3.05, 3.63) is 23.8 Å². The van der Waals surface area contributed by atoms with E-state index in [4.69, 9.17) is 18.9 Å². The van der Waals surface area contributed by atoms with Crippen LogP contribution in [0.5, 0.6) is 11.5 Å². The lowest BCUT2D eigenvalue weighted by Crippen LogP contribution is -2.66. The average Bonchev–Trinajstić information content (AvgIpc) is 3.19. The fraction of sp³-hybridized carbons (Fsp3) is 0.611. The van der Waals surface area contributed by atoms with Gasteiger partial charge in [-0.1, -0.05) is 0 Å². The molecule has 0 saturated carbocycles. The Kier molecular flexibility index (Phi) is 4.10. The maximum Gasteiger partial charge on any atom is 0.254 e. The molecule has 0 unspecified atom stereocenters. The number of carbonyl (C=O) groups is 1. The standard InChI is InChI=1S/C18H23NO5/c1-2-21-7-5-14-6-8-24-18(14)10-19(11-18)17(20)13-3-4-15-16(9-13)23-12-22-15/h3-4,9,14H,2,5-8,10-12H2,1H3/t14-/m1/s1. The van der Waals surface area contributed by atoms with Gasteiger partial charge in [-0.2, -0.15) is 0 Å². The van der Waals surface area contributed by atoms with E-state index in [9.17, 15) is 4.79 Å². The van der Waals surface area contributed by atoms with E-state index in [2.05, 4.69) is 0 Å². The molecule has 130 valence electrons. The zero-order chi connectivity index (χ0) is 16.6. The summed E-state index contributed by atoms with van der Waals surface area (Å²) in [5, 5.41) is 0. The highest BCUT2D eigenvalue weighted by Gasteiger charge is 2.54. The Hall–Kier alpha value is -1.79. The topological polar surface area (TPSA) is 57.2 Å². The molecule has 24 heavy (non-hydrogen) atoms. The lowest BCUT2D eigenvalue weighted by atomic mass is 9.79. The highest BCUT2D eigenvalue weighted by atomic mass is 16.7. The zero-order valence-corrected chi connectivity index (χ0v) is 14.0. The van der Waals surface area contributed by atoms with Gasteiger partial charge >= 0.3 is 0 Å². The molecule has 3 heterocycles. The molecule has 1 amide bonds. The molecule has 0 aliphatic carbocycles. The minimum absolute atomic E-state index is 0.0259. The van der Waals surface area contributed by atoms with E-state index in [0.29, 0.717) is 36.1 Å². The number of benzene rings is 1. The fourth-order valence-electron chi connectivity index (χ4n) is 3.87. The Labute approximate surface area is 141 Å². The van der Waals surface area contributed by atoms with Gasteiger partial charge in [0.05, 0.1) is 13.1 Å². The van der Waals surface area contributed by atoms with Crippen LogP contribution in [0.3, 0.4) is 0 Å². The number of rotatable bonds is 5. The lowest BCUT2D eigenvalue weighted by Gasteiger charge is -2.50. The molecule has 3 aliphatic heterocycles. The number of fused-ring (bicyclic) bond motifs is 1. The third-order valence-electron chi connectivity index (χ3n) is 5.24. The minimum Gasteiger partial charge on any atom is -0.454 e. The van der Waals surface area contributed by atoms with Crippen molar-refractivity contribution in [2.45, 2.75) is 25.4 Å². The van der Waals surface area contributed by atoms with Crippen molar-refractivity contribution in [2.75, 3.05) is 39.7 Å². The van der Waals surface area contributed by atoms with Gasteiger partial charge in [0.15, 0.2) is 11.5 Å². The Bertz CT molecular complexity index is 626. The van der Waals surface area contributed by atoms with E-state index < -0.39 is 0 Å². The molecule has 3 aliphatic rings. The van der Waals surface area contributed by atoms with Crippen LogP contribution in [-0.2, 0) is 9.47 Å². The van der Waals surface area contributed by atoms with Crippen LogP contribution in [-0.4, -0.2) is 56.1 Å². The quantitative estimate of drug-likeness (QED) is 0.772. The Morgan fingerprint density at radius 3 is 3.00 bits per heavy atom. The predicted octanol–water partition coefficient (Wildman–Crippen LogP) is 2.07. The number of ether oxygens (including phenoxy) is 4. The monoisotopic (exact) mass is 333 g/mol. The van der Waals surface area contributed by atoms with Gasteiger partial charge in [-0.15, -0.1) is 0 Å². The third-order valence-corrected chi connectivity index (χ3v) is 5.24. The van der Waals surface area contributed by atoms with Crippen molar-refractivity contribution in [1.29, 1.82) is 0 Å². The highest BCUT2D eigenvalue weighted by molar-refractivity contribution is 5.95. The van der Waals surface area contributed by atoms with E-state index in [1.54, 1.807) is 18.2 Å². The predicted molar refractivity (Wildman–Crippen MR) is 86.4 cm³/mol. The summed E-state index contributed by atoms with van der Waals surface area (Å²) in [5.41, 5.74) is 0.473. The third kappa shape index (κ3) is 2.63. The smallest absolute Gasteiger partial charge is 0.254 e. The summed E-state index contributed by atoms with van der Waals surface area (Å²) < 4.78 is 22.1. The van der Waals surface area contributed by atoms with Gasteiger partial charge in [0.2, 0.25) is 6.79 Å². The first-order valence-electron chi connectivity index (χ1n) is 8.62. The maximum atomic E-state index is 12.7. The maximum absolute atomic E-state index is 12.7. The van der Waals surface area contributed by atoms with Crippen LogP contribution >= 0.6 is 0 Å². The van der Waals surface area contributed by atoms with Crippen LogP contribution in [0, 0.1) is 5.92 Å². The second-order valence-corrected chi connectivity index (χ2v) is 6.61.